The third-order valence-electron chi connectivity index (χ3n) is 3.66. The van der Waals surface area contributed by atoms with Crippen molar-refractivity contribution in [1.82, 2.24) is 20.2 Å². The maximum atomic E-state index is 12.3. The molecule has 2 heterocycles. The molecule has 7 heteroatoms. The summed E-state index contributed by atoms with van der Waals surface area (Å²) in [5, 5.41) is 6.00. The molecule has 22 heavy (non-hydrogen) atoms. The molecular formula is C15H23N5O2. The van der Waals surface area contributed by atoms with Gasteiger partial charge in [0.05, 0.1) is 0 Å². The SMILES string of the molecule is Cc1nc(NC(C(=O)N(C)C)C(C)C)c2c(n1)C(=O)NCC2. The first-order chi connectivity index (χ1) is 10.3. The lowest BCUT2D eigenvalue weighted by Crippen LogP contribution is -2.43. The summed E-state index contributed by atoms with van der Waals surface area (Å²) in [5.41, 5.74) is 1.19. The fraction of sp³-hybridized carbons (Fsp3) is 0.600. The van der Waals surface area contributed by atoms with Gasteiger partial charge in [-0.3, -0.25) is 9.59 Å². The van der Waals surface area contributed by atoms with Gasteiger partial charge in [-0.2, -0.15) is 0 Å². The second-order valence-electron chi connectivity index (χ2n) is 6.05. The second kappa shape index (κ2) is 6.29. The smallest absolute Gasteiger partial charge is 0.270 e. The van der Waals surface area contributed by atoms with Gasteiger partial charge >= 0.3 is 0 Å². The molecule has 0 saturated heterocycles. The number of hydrogen-bond acceptors (Lipinski definition) is 5. The van der Waals surface area contributed by atoms with E-state index >= 15 is 0 Å². The van der Waals surface area contributed by atoms with E-state index < -0.39 is 6.04 Å². The average Bonchev–Trinajstić information content (AvgIpc) is 2.44. The van der Waals surface area contributed by atoms with Gasteiger partial charge < -0.3 is 15.5 Å². The van der Waals surface area contributed by atoms with E-state index in [2.05, 4.69) is 20.6 Å². The summed E-state index contributed by atoms with van der Waals surface area (Å²) < 4.78 is 0. The molecule has 0 saturated carbocycles. The number of rotatable bonds is 4. The van der Waals surface area contributed by atoms with Crippen molar-refractivity contribution in [2.75, 3.05) is 26.0 Å². The van der Waals surface area contributed by atoms with Gasteiger partial charge in [-0.25, -0.2) is 9.97 Å². The summed E-state index contributed by atoms with van der Waals surface area (Å²) in [6.45, 7) is 6.25. The molecule has 0 aliphatic carbocycles. The van der Waals surface area contributed by atoms with E-state index in [0.717, 1.165) is 5.56 Å². The average molecular weight is 305 g/mol. The Morgan fingerprint density at radius 3 is 2.59 bits per heavy atom. The number of carbonyl (C=O) groups excluding carboxylic acids is 2. The zero-order valence-electron chi connectivity index (χ0n) is 13.7. The molecule has 0 radical (unpaired) electrons. The number of nitrogens with zero attached hydrogens (tertiary/aromatic N) is 3. The second-order valence-corrected chi connectivity index (χ2v) is 6.05. The Hall–Kier alpha value is -2.18. The predicted molar refractivity (Wildman–Crippen MR) is 83.7 cm³/mol. The highest BCUT2D eigenvalue weighted by atomic mass is 16.2. The van der Waals surface area contributed by atoms with Gasteiger partial charge in [0.15, 0.2) is 0 Å². The molecule has 1 unspecified atom stereocenters. The fourth-order valence-electron chi connectivity index (χ4n) is 2.46. The highest BCUT2D eigenvalue weighted by molar-refractivity contribution is 5.96. The number of likely N-dealkylation sites (N-methyl/N-ethyl adjacent to an activating group) is 1. The van der Waals surface area contributed by atoms with Crippen LogP contribution in [-0.4, -0.2) is 53.4 Å². The van der Waals surface area contributed by atoms with Gasteiger partial charge in [0.1, 0.15) is 23.4 Å². The Labute approximate surface area is 130 Å². The van der Waals surface area contributed by atoms with Crippen molar-refractivity contribution in [3.63, 3.8) is 0 Å². The van der Waals surface area contributed by atoms with Gasteiger partial charge in [-0.1, -0.05) is 13.8 Å². The van der Waals surface area contributed by atoms with Crippen molar-refractivity contribution in [3.05, 3.63) is 17.1 Å². The predicted octanol–water partition coefficient (Wildman–Crippen LogP) is 0.596. The first-order valence-corrected chi connectivity index (χ1v) is 7.44. The summed E-state index contributed by atoms with van der Waals surface area (Å²) in [6.07, 6.45) is 0.657. The maximum Gasteiger partial charge on any atom is 0.270 e. The summed E-state index contributed by atoms with van der Waals surface area (Å²) in [4.78, 5) is 34.5. The number of aryl methyl sites for hydroxylation is 1. The van der Waals surface area contributed by atoms with Crippen molar-refractivity contribution in [2.45, 2.75) is 33.2 Å². The van der Waals surface area contributed by atoms with Crippen LogP contribution in [0.1, 0.15) is 35.7 Å². The molecule has 2 rings (SSSR count). The molecule has 120 valence electrons. The molecule has 2 N–H and O–H groups in total. The van der Waals surface area contributed by atoms with E-state index in [9.17, 15) is 9.59 Å². The van der Waals surface area contributed by atoms with Crippen LogP contribution in [0.3, 0.4) is 0 Å². The Kier molecular flexibility index (Phi) is 4.63. The van der Waals surface area contributed by atoms with E-state index in [0.29, 0.717) is 30.3 Å². The third-order valence-corrected chi connectivity index (χ3v) is 3.66. The van der Waals surface area contributed by atoms with Gasteiger partial charge in [-0.15, -0.1) is 0 Å². The molecule has 1 aromatic rings. The van der Waals surface area contributed by atoms with Crippen LogP contribution in [0.15, 0.2) is 0 Å². The monoisotopic (exact) mass is 305 g/mol. The number of amides is 2. The summed E-state index contributed by atoms with van der Waals surface area (Å²) >= 11 is 0. The van der Waals surface area contributed by atoms with Crippen LogP contribution in [0.4, 0.5) is 5.82 Å². The van der Waals surface area contributed by atoms with E-state index in [4.69, 9.17) is 0 Å². The zero-order chi connectivity index (χ0) is 16.4. The van der Waals surface area contributed by atoms with Crippen LogP contribution < -0.4 is 10.6 Å². The highest BCUT2D eigenvalue weighted by Gasteiger charge is 2.28. The lowest BCUT2D eigenvalue weighted by molar-refractivity contribution is -0.130. The van der Waals surface area contributed by atoms with Crippen molar-refractivity contribution < 1.29 is 9.59 Å². The summed E-state index contributed by atoms with van der Waals surface area (Å²) in [5.74, 6) is 0.998. The lowest BCUT2D eigenvalue weighted by atomic mass is 10.0. The van der Waals surface area contributed by atoms with Crippen LogP contribution in [0, 0.1) is 12.8 Å². The van der Waals surface area contributed by atoms with Crippen molar-refractivity contribution in [3.8, 4) is 0 Å². The topological polar surface area (TPSA) is 87.2 Å². The summed E-state index contributed by atoms with van der Waals surface area (Å²) in [7, 11) is 3.46. The molecule has 0 fully saturated rings. The third kappa shape index (κ3) is 3.18. The van der Waals surface area contributed by atoms with E-state index in [-0.39, 0.29) is 17.7 Å². The molecule has 1 atom stereocenters. The van der Waals surface area contributed by atoms with Gasteiger partial charge in [0, 0.05) is 26.2 Å². The van der Waals surface area contributed by atoms with Gasteiger partial charge in [-0.05, 0) is 19.3 Å². The number of nitrogens with one attached hydrogen (secondary N) is 2. The minimum Gasteiger partial charge on any atom is -0.358 e. The number of fused-ring (bicyclic) bond motifs is 1. The van der Waals surface area contributed by atoms with Crippen molar-refractivity contribution in [2.24, 2.45) is 5.92 Å². The Morgan fingerprint density at radius 2 is 2.00 bits per heavy atom. The van der Waals surface area contributed by atoms with E-state index in [1.165, 1.54) is 0 Å². The minimum atomic E-state index is -0.390. The Bertz CT molecular complexity index is 598. The molecule has 2 amide bonds. The number of anilines is 1. The highest BCUT2D eigenvalue weighted by Crippen LogP contribution is 2.22. The zero-order valence-corrected chi connectivity index (χ0v) is 13.7. The molecule has 7 nitrogen and oxygen atoms in total. The van der Waals surface area contributed by atoms with Crippen LogP contribution >= 0.6 is 0 Å². The quantitative estimate of drug-likeness (QED) is 0.850. The first-order valence-electron chi connectivity index (χ1n) is 7.44. The normalized spacial score (nSPS) is 15.1. The maximum absolute atomic E-state index is 12.3. The van der Waals surface area contributed by atoms with Crippen LogP contribution in [0.5, 0.6) is 0 Å². The van der Waals surface area contributed by atoms with Crippen LogP contribution in [-0.2, 0) is 11.2 Å². The number of hydrogen-bond donors (Lipinski definition) is 2. The number of carbonyl (C=O) groups is 2. The standard InChI is InChI=1S/C15H23N5O2/c1-8(2)11(15(22)20(4)5)19-13-10-6-7-16-14(21)12(10)17-9(3)18-13/h8,11H,6-7H2,1-5H3,(H,16,21)(H,17,18,19). The molecule has 1 aromatic heterocycles. The molecule has 1 aliphatic rings. The van der Waals surface area contributed by atoms with Crippen LogP contribution in [0.25, 0.3) is 0 Å². The van der Waals surface area contributed by atoms with Crippen molar-refractivity contribution in [1.29, 1.82) is 0 Å². The largest absolute Gasteiger partial charge is 0.358 e. The Balaban J connectivity index is 2.39. The van der Waals surface area contributed by atoms with Gasteiger partial charge in [0.2, 0.25) is 5.91 Å². The van der Waals surface area contributed by atoms with Gasteiger partial charge in [0.25, 0.3) is 5.91 Å². The van der Waals surface area contributed by atoms with Crippen LogP contribution in [0.2, 0.25) is 0 Å². The minimum absolute atomic E-state index is 0.0136. The fourth-order valence-corrected chi connectivity index (χ4v) is 2.46. The molecule has 0 bridgehead atoms. The first kappa shape index (κ1) is 16.2. The molecule has 0 aromatic carbocycles. The number of aromatic nitrogens is 2. The summed E-state index contributed by atoms with van der Waals surface area (Å²) in [6, 6.07) is -0.390. The molecular weight excluding hydrogens is 282 g/mol. The lowest BCUT2D eigenvalue weighted by Gasteiger charge is -2.27. The van der Waals surface area contributed by atoms with E-state index in [1.807, 2.05) is 13.8 Å². The van der Waals surface area contributed by atoms with E-state index in [1.54, 1.807) is 25.9 Å². The molecule has 1 aliphatic heterocycles. The van der Waals surface area contributed by atoms with Crippen molar-refractivity contribution >= 4 is 17.6 Å². The molecule has 0 spiro atoms. The Morgan fingerprint density at radius 1 is 1.32 bits per heavy atom.